The van der Waals surface area contributed by atoms with Crippen LogP contribution in [0.2, 0.25) is 0 Å². The van der Waals surface area contributed by atoms with Crippen molar-refractivity contribution < 1.29 is 9.90 Å². The summed E-state index contributed by atoms with van der Waals surface area (Å²) in [6.07, 6.45) is 4.81. The summed E-state index contributed by atoms with van der Waals surface area (Å²) in [5, 5.41) is 13.1. The van der Waals surface area contributed by atoms with E-state index in [-0.39, 0.29) is 5.91 Å². The van der Waals surface area contributed by atoms with Gasteiger partial charge >= 0.3 is 0 Å². The average Bonchev–Trinajstić information content (AvgIpc) is 2.46. The second kappa shape index (κ2) is 6.17. The van der Waals surface area contributed by atoms with Crippen molar-refractivity contribution in [3.8, 4) is 0 Å². The molecule has 1 aromatic rings. The molecule has 4 N–H and O–H groups in total. The highest BCUT2D eigenvalue weighted by molar-refractivity contribution is 5.94. The number of hydrogen-bond acceptors (Lipinski definition) is 3. The lowest BCUT2D eigenvalue weighted by Gasteiger charge is -2.32. The molecule has 0 aromatic heterocycles. The van der Waals surface area contributed by atoms with Crippen LogP contribution in [-0.2, 0) is 6.54 Å². The van der Waals surface area contributed by atoms with Crippen molar-refractivity contribution in [1.29, 1.82) is 0 Å². The zero-order chi connectivity index (χ0) is 13.7. The van der Waals surface area contributed by atoms with E-state index in [0.29, 0.717) is 18.7 Å². The van der Waals surface area contributed by atoms with Gasteiger partial charge in [-0.2, -0.15) is 0 Å². The van der Waals surface area contributed by atoms with Gasteiger partial charge in [0.1, 0.15) is 0 Å². The number of carbonyl (C=O) groups is 1. The minimum atomic E-state index is -0.717. The van der Waals surface area contributed by atoms with Crippen molar-refractivity contribution in [3.63, 3.8) is 0 Å². The zero-order valence-corrected chi connectivity index (χ0v) is 11.2. The summed E-state index contributed by atoms with van der Waals surface area (Å²) in [5.41, 5.74) is 6.41. The Labute approximate surface area is 114 Å². The topological polar surface area (TPSA) is 75.4 Å². The molecule has 2 rings (SSSR count). The van der Waals surface area contributed by atoms with E-state index >= 15 is 0 Å². The highest BCUT2D eigenvalue weighted by Gasteiger charge is 2.29. The molecule has 0 spiro atoms. The summed E-state index contributed by atoms with van der Waals surface area (Å²) in [5.74, 6) is -0.137. The largest absolute Gasteiger partial charge is 0.388 e. The second-order valence-electron chi connectivity index (χ2n) is 5.37. The summed E-state index contributed by atoms with van der Waals surface area (Å²) in [7, 11) is 0. The van der Waals surface area contributed by atoms with Crippen molar-refractivity contribution in [2.75, 3.05) is 6.54 Å². The van der Waals surface area contributed by atoms with Crippen LogP contribution in [-0.4, -0.2) is 23.2 Å². The molecule has 1 aromatic carbocycles. The van der Waals surface area contributed by atoms with Gasteiger partial charge in [0.05, 0.1) is 5.60 Å². The van der Waals surface area contributed by atoms with Crippen molar-refractivity contribution in [2.24, 2.45) is 5.73 Å². The highest BCUT2D eigenvalue weighted by Crippen LogP contribution is 2.27. The summed E-state index contributed by atoms with van der Waals surface area (Å²) in [4.78, 5) is 12.0. The predicted octanol–water partition coefficient (Wildman–Crippen LogP) is 1.57. The van der Waals surface area contributed by atoms with E-state index in [4.69, 9.17) is 5.73 Å². The van der Waals surface area contributed by atoms with Gasteiger partial charge in [-0.25, -0.2) is 0 Å². The van der Waals surface area contributed by atoms with Crippen LogP contribution in [0.5, 0.6) is 0 Å². The van der Waals surface area contributed by atoms with Gasteiger partial charge in [-0.3, -0.25) is 4.79 Å². The third-order valence-corrected chi connectivity index (χ3v) is 3.81. The Morgan fingerprint density at radius 3 is 2.42 bits per heavy atom. The van der Waals surface area contributed by atoms with Gasteiger partial charge in [0.25, 0.3) is 5.91 Å². The van der Waals surface area contributed by atoms with Crippen LogP contribution >= 0.6 is 0 Å². The van der Waals surface area contributed by atoms with E-state index in [1.54, 1.807) is 12.1 Å². The molecule has 1 amide bonds. The molecule has 1 aliphatic carbocycles. The minimum absolute atomic E-state index is 0.137. The average molecular weight is 262 g/mol. The molecule has 1 fully saturated rings. The smallest absolute Gasteiger partial charge is 0.251 e. The van der Waals surface area contributed by atoms with Crippen molar-refractivity contribution in [1.82, 2.24) is 5.32 Å². The van der Waals surface area contributed by atoms with Gasteiger partial charge in [-0.05, 0) is 30.5 Å². The Morgan fingerprint density at radius 1 is 1.21 bits per heavy atom. The molecule has 1 saturated carbocycles. The second-order valence-corrected chi connectivity index (χ2v) is 5.37. The number of rotatable bonds is 4. The SMILES string of the molecule is NCc1ccc(C(=O)NCC2(O)CCCCC2)cc1. The Hall–Kier alpha value is -1.39. The van der Waals surface area contributed by atoms with Crippen LogP contribution in [0.4, 0.5) is 0 Å². The summed E-state index contributed by atoms with van der Waals surface area (Å²) in [6.45, 7) is 0.812. The fraction of sp³-hybridized carbons (Fsp3) is 0.533. The molecule has 19 heavy (non-hydrogen) atoms. The monoisotopic (exact) mass is 262 g/mol. The number of nitrogens with two attached hydrogens (primary N) is 1. The lowest BCUT2D eigenvalue weighted by molar-refractivity contribution is 0.00526. The third-order valence-electron chi connectivity index (χ3n) is 3.81. The van der Waals surface area contributed by atoms with E-state index in [1.807, 2.05) is 12.1 Å². The van der Waals surface area contributed by atoms with E-state index in [9.17, 15) is 9.90 Å². The number of carbonyl (C=O) groups excluding carboxylic acids is 1. The molecule has 0 unspecified atom stereocenters. The molecule has 0 saturated heterocycles. The van der Waals surface area contributed by atoms with Gasteiger partial charge in [-0.15, -0.1) is 0 Å². The maximum atomic E-state index is 12.0. The summed E-state index contributed by atoms with van der Waals surface area (Å²) < 4.78 is 0. The molecule has 0 aliphatic heterocycles. The van der Waals surface area contributed by atoms with Crippen LogP contribution in [0, 0.1) is 0 Å². The Morgan fingerprint density at radius 2 is 1.84 bits per heavy atom. The molecular weight excluding hydrogens is 240 g/mol. The first kappa shape index (κ1) is 14.0. The Kier molecular flexibility index (Phi) is 4.56. The van der Waals surface area contributed by atoms with Crippen LogP contribution in [0.3, 0.4) is 0 Å². The normalized spacial score (nSPS) is 18.0. The maximum Gasteiger partial charge on any atom is 0.251 e. The molecule has 0 bridgehead atoms. The van der Waals surface area contributed by atoms with Crippen LogP contribution in [0.1, 0.15) is 48.0 Å². The van der Waals surface area contributed by atoms with Gasteiger partial charge in [-0.1, -0.05) is 31.4 Å². The standard InChI is InChI=1S/C15H22N2O2/c16-10-12-4-6-13(7-5-12)14(18)17-11-15(19)8-2-1-3-9-15/h4-7,19H,1-3,8-11,16H2,(H,17,18). The number of nitrogens with one attached hydrogen (secondary N) is 1. The van der Waals surface area contributed by atoms with Crippen LogP contribution in [0.15, 0.2) is 24.3 Å². The molecule has 4 heteroatoms. The van der Waals surface area contributed by atoms with Crippen LogP contribution in [0.25, 0.3) is 0 Å². The molecule has 0 atom stereocenters. The van der Waals surface area contributed by atoms with E-state index in [2.05, 4.69) is 5.32 Å². The number of benzene rings is 1. The van der Waals surface area contributed by atoms with Crippen molar-refractivity contribution in [3.05, 3.63) is 35.4 Å². The lowest BCUT2D eigenvalue weighted by Crippen LogP contribution is -2.44. The van der Waals surface area contributed by atoms with Gasteiger partial charge in [0.15, 0.2) is 0 Å². The summed E-state index contributed by atoms with van der Waals surface area (Å²) in [6, 6.07) is 7.24. The molecule has 0 heterocycles. The quantitative estimate of drug-likeness (QED) is 0.771. The van der Waals surface area contributed by atoms with Gasteiger partial charge < -0.3 is 16.2 Å². The number of hydrogen-bond donors (Lipinski definition) is 3. The fourth-order valence-corrected chi connectivity index (χ4v) is 2.53. The first-order chi connectivity index (χ1) is 9.13. The molecule has 0 radical (unpaired) electrons. The Bertz CT molecular complexity index is 422. The van der Waals surface area contributed by atoms with E-state index in [0.717, 1.165) is 31.2 Å². The molecular formula is C15H22N2O2. The molecule has 1 aliphatic rings. The van der Waals surface area contributed by atoms with Crippen LogP contribution < -0.4 is 11.1 Å². The molecule has 104 valence electrons. The number of aliphatic hydroxyl groups is 1. The zero-order valence-electron chi connectivity index (χ0n) is 11.2. The first-order valence-corrected chi connectivity index (χ1v) is 6.93. The van der Waals surface area contributed by atoms with E-state index in [1.165, 1.54) is 6.42 Å². The highest BCUT2D eigenvalue weighted by atomic mass is 16.3. The van der Waals surface area contributed by atoms with Gasteiger partial charge in [0.2, 0.25) is 0 Å². The van der Waals surface area contributed by atoms with E-state index < -0.39 is 5.60 Å². The maximum absolute atomic E-state index is 12.0. The first-order valence-electron chi connectivity index (χ1n) is 6.93. The van der Waals surface area contributed by atoms with Crippen molar-refractivity contribution in [2.45, 2.75) is 44.2 Å². The number of amides is 1. The minimum Gasteiger partial charge on any atom is -0.388 e. The molecule has 4 nitrogen and oxygen atoms in total. The predicted molar refractivity (Wildman–Crippen MR) is 74.7 cm³/mol. The van der Waals surface area contributed by atoms with Crippen molar-refractivity contribution >= 4 is 5.91 Å². The third kappa shape index (κ3) is 3.78. The fourth-order valence-electron chi connectivity index (χ4n) is 2.53. The summed E-state index contributed by atoms with van der Waals surface area (Å²) >= 11 is 0. The lowest BCUT2D eigenvalue weighted by atomic mass is 9.85. The Balaban J connectivity index is 1.89. The van der Waals surface area contributed by atoms with Gasteiger partial charge in [0, 0.05) is 18.7 Å².